The molecule has 37 heavy (non-hydrogen) atoms. The van der Waals surface area contributed by atoms with E-state index in [1.165, 1.54) is 23.6 Å². The first-order chi connectivity index (χ1) is 17.9. The highest BCUT2D eigenvalue weighted by atomic mass is 32.2. The monoisotopic (exact) mass is 524 g/mol. The first-order valence-electron chi connectivity index (χ1n) is 13.3. The lowest BCUT2D eigenvalue weighted by molar-refractivity contribution is -0.137. The number of carbonyl (C=O) groups is 2. The molecule has 0 aromatic heterocycles. The molecule has 3 fully saturated rings. The van der Waals surface area contributed by atoms with Crippen LogP contribution in [-0.2, 0) is 19.6 Å². The van der Waals surface area contributed by atoms with Gasteiger partial charge in [-0.15, -0.1) is 0 Å². The number of anilines is 1. The van der Waals surface area contributed by atoms with E-state index in [4.69, 9.17) is 0 Å². The zero-order chi connectivity index (χ0) is 25.9. The van der Waals surface area contributed by atoms with Gasteiger partial charge in [0.1, 0.15) is 12.1 Å². The van der Waals surface area contributed by atoms with Crippen LogP contribution in [0.1, 0.15) is 44.9 Å². The summed E-state index contributed by atoms with van der Waals surface area (Å²) < 4.78 is 27.9. The van der Waals surface area contributed by atoms with Gasteiger partial charge in [-0.2, -0.15) is 4.31 Å². The second-order valence-corrected chi connectivity index (χ2v) is 12.4. The van der Waals surface area contributed by atoms with Crippen LogP contribution in [0.4, 0.5) is 5.69 Å². The Kier molecular flexibility index (Phi) is 7.53. The number of rotatable bonds is 7. The van der Waals surface area contributed by atoms with Gasteiger partial charge in [0.05, 0.1) is 11.6 Å². The largest absolute Gasteiger partial charge is 0.354 e. The topological polar surface area (TPSA) is 90.0 Å². The highest BCUT2D eigenvalue weighted by Crippen LogP contribution is 2.40. The number of hydrogen-bond acceptors (Lipinski definition) is 5. The van der Waals surface area contributed by atoms with E-state index in [0.29, 0.717) is 32.0 Å². The average molecular weight is 525 g/mol. The maximum atomic E-state index is 13.9. The zero-order valence-electron chi connectivity index (χ0n) is 21.2. The van der Waals surface area contributed by atoms with E-state index in [-0.39, 0.29) is 36.3 Å². The molecule has 2 aromatic carbocycles. The fourth-order valence-corrected chi connectivity index (χ4v) is 7.50. The second kappa shape index (κ2) is 10.8. The van der Waals surface area contributed by atoms with Crippen LogP contribution in [0.25, 0.3) is 0 Å². The van der Waals surface area contributed by atoms with Gasteiger partial charge in [0.2, 0.25) is 21.8 Å². The standard InChI is InChI=1S/C28H36N4O4S/c33-26(29-20-23-10-4-1-5-11-23)21-30-22-32(24-12-6-2-7-13-24)28(27(30)34)16-18-31(19-17-28)37(35,36)25-14-8-3-9-15-25/h2-3,6-9,12-15,23H,1,4-5,10-11,16-22H2,(H,29,33). The van der Waals surface area contributed by atoms with Crippen molar-refractivity contribution in [3.05, 3.63) is 60.7 Å². The van der Waals surface area contributed by atoms with Crippen molar-refractivity contribution in [1.82, 2.24) is 14.5 Å². The molecule has 5 rings (SSSR count). The number of carbonyl (C=O) groups excluding carboxylic acids is 2. The summed E-state index contributed by atoms with van der Waals surface area (Å²) in [5.41, 5.74) is 0.0357. The maximum Gasteiger partial charge on any atom is 0.250 e. The molecular weight excluding hydrogens is 488 g/mol. The molecule has 2 aliphatic heterocycles. The number of hydrogen-bond donors (Lipinski definition) is 1. The van der Waals surface area contributed by atoms with Crippen LogP contribution in [0.3, 0.4) is 0 Å². The van der Waals surface area contributed by atoms with E-state index in [1.807, 2.05) is 30.3 Å². The maximum absolute atomic E-state index is 13.9. The van der Waals surface area contributed by atoms with Gasteiger partial charge in [0, 0.05) is 25.3 Å². The number of benzene rings is 2. The molecule has 0 unspecified atom stereocenters. The lowest BCUT2D eigenvalue weighted by atomic mass is 9.86. The third-order valence-corrected chi connectivity index (χ3v) is 10.1. The number of nitrogens with one attached hydrogen (secondary N) is 1. The Balaban J connectivity index is 1.30. The minimum Gasteiger partial charge on any atom is -0.354 e. The molecule has 2 aromatic rings. The Bertz CT molecular complexity index is 1190. The minimum absolute atomic E-state index is 0.0165. The van der Waals surface area contributed by atoms with Crippen LogP contribution in [0.5, 0.6) is 0 Å². The van der Waals surface area contributed by atoms with Crippen molar-refractivity contribution < 1.29 is 18.0 Å². The first-order valence-corrected chi connectivity index (χ1v) is 14.8. The van der Waals surface area contributed by atoms with Crippen LogP contribution >= 0.6 is 0 Å². The van der Waals surface area contributed by atoms with Crippen molar-refractivity contribution in [1.29, 1.82) is 0 Å². The predicted molar refractivity (Wildman–Crippen MR) is 142 cm³/mol. The zero-order valence-corrected chi connectivity index (χ0v) is 22.0. The van der Waals surface area contributed by atoms with Crippen LogP contribution < -0.4 is 10.2 Å². The number of nitrogens with zero attached hydrogens (tertiary/aromatic N) is 3. The third-order valence-electron chi connectivity index (χ3n) is 8.16. The number of amides is 2. The molecule has 1 saturated carbocycles. The van der Waals surface area contributed by atoms with Crippen LogP contribution in [0.15, 0.2) is 65.6 Å². The van der Waals surface area contributed by atoms with Crippen molar-refractivity contribution in [2.24, 2.45) is 5.92 Å². The molecule has 3 aliphatic rings. The molecule has 1 N–H and O–H groups in total. The summed E-state index contributed by atoms with van der Waals surface area (Å²) in [5.74, 6) is 0.295. The van der Waals surface area contributed by atoms with E-state index in [0.717, 1.165) is 18.5 Å². The molecule has 2 saturated heterocycles. The van der Waals surface area contributed by atoms with E-state index in [9.17, 15) is 18.0 Å². The van der Waals surface area contributed by atoms with Crippen molar-refractivity contribution in [3.63, 3.8) is 0 Å². The van der Waals surface area contributed by atoms with Crippen molar-refractivity contribution in [3.8, 4) is 0 Å². The van der Waals surface area contributed by atoms with E-state index < -0.39 is 15.6 Å². The first kappa shape index (κ1) is 25.7. The van der Waals surface area contributed by atoms with Gasteiger partial charge >= 0.3 is 0 Å². The summed E-state index contributed by atoms with van der Waals surface area (Å²) in [6.45, 7) is 1.48. The average Bonchev–Trinajstić information content (AvgIpc) is 3.19. The van der Waals surface area contributed by atoms with E-state index >= 15 is 0 Å². The van der Waals surface area contributed by atoms with Crippen LogP contribution in [0, 0.1) is 5.92 Å². The van der Waals surface area contributed by atoms with Crippen LogP contribution in [0.2, 0.25) is 0 Å². The SMILES string of the molecule is O=C(CN1CN(c2ccccc2)C2(CCN(S(=O)(=O)c3ccccc3)CC2)C1=O)NCC1CCCCC1. The molecule has 198 valence electrons. The van der Waals surface area contributed by atoms with Gasteiger partial charge in [0.15, 0.2) is 0 Å². The highest BCUT2D eigenvalue weighted by molar-refractivity contribution is 7.89. The second-order valence-electron chi connectivity index (χ2n) is 10.5. The molecule has 2 amide bonds. The Hall–Kier alpha value is -2.91. The Labute approximate surface area is 219 Å². The number of piperidine rings is 1. The van der Waals surface area contributed by atoms with Gasteiger partial charge in [-0.3, -0.25) is 9.59 Å². The molecule has 1 spiro atoms. The molecule has 9 heteroatoms. The lowest BCUT2D eigenvalue weighted by Crippen LogP contribution is -2.57. The van der Waals surface area contributed by atoms with E-state index in [2.05, 4.69) is 10.2 Å². The molecule has 8 nitrogen and oxygen atoms in total. The van der Waals surface area contributed by atoms with Gasteiger partial charge in [0.25, 0.3) is 0 Å². The fourth-order valence-electron chi connectivity index (χ4n) is 6.04. The lowest BCUT2D eigenvalue weighted by Gasteiger charge is -2.42. The van der Waals surface area contributed by atoms with Gasteiger partial charge < -0.3 is 15.1 Å². The van der Waals surface area contributed by atoms with Crippen molar-refractivity contribution >= 4 is 27.5 Å². The third kappa shape index (κ3) is 5.25. The van der Waals surface area contributed by atoms with Crippen molar-refractivity contribution in [2.75, 3.05) is 37.7 Å². The Morgan fingerprint density at radius 1 is 0.919 bits per heavy atom. The fraction of sp³-hybridized carbons (Fsp3) is 0.500. The molecule has 1 aliphatic carbocycles. The summed E-state index contributed by atoms with van der Waals surface area (Å²) >= 11 is 0. The normalized spacial score (nSPS) is 20.9. The Morgan fingerprint density at radius 3 is 2.19 bits per heavy atom. The molecule has 0 bridgehead atoms. The van der Waals surface area contributed by atoms with E-state index in [1.54, 1.807) is 35.2 Å². The summed E-state index contributed by atoms with van der Waals surface area (Å²) in [4.78, 5) is 30.7. The predicted octanol–water partition coefficient (Wildman–Crippen LogP) is 3.21. The van der Waals surface area contributed by atoms with Gasteiger partial charge in [-0.25, -0.2) is 8.42 Å². The summed E-state index contributed by atoms with van der Waals surface area (Å²) in [6, 6.07) is 18.2. The summed E-state index contributed by atoms with van der Waals surface area (Å²) in [5, 5.41) is 3.05. The van der Waals surface area contributed by atoms with Gasteiger partial charge in [-0.1, -0.05) is 55.7 Å². The molecule has 2 heterocycles. The quantitative estimate of drug-likeness (QED) is 0.601. The molecular formula is C28H36N4O4S. The summed E-state index contributed by atoms with van der Waals surface area (Å²) in [6.07, 6.45) is 6.74. The molecule has 0 radical (unpaired) electrons. The van der Waals surface area contributed by atoms with Crippen LogP contribution in [-0.4, -0.2) is 67.8 Å². The smallest absolute Gasteiger partial charge is 0.250 e. The molecule has 0 atom stereocenters. The Morgan fingerprint density at radius 2 is 1.54 bits per heavy atom. The number of sulfonamides is 1. The highest BCUT2D eigenvalue weighted by Gasteiger charge is 2.55. The summed E-state index contributed by atoms with van der Waals surface area (Å²) in [7, 11) is -3.63. The number of para-hydroxylation sites is 1. The van der Waals surface area contributed by atoms with Gasteiger partial charge in [-0.05, 0) is 55.9 Å². The van der Waals surface area contributed by atoms with Crippen molar-refractivity contribution in [2.45, 2.75) is 55.4 Å². The minimum atomic E-state index is -3.63.